The SMILES string of the molecule is Cn1c(=O)c2c(nc(Sc3ccccc3NC(=O)c3ccco3)n2C)n(C)c1=O. The Morgan fingerprint density at radius 2 is 1.79 bits per heavy atom. The Hall–Kier alpha value is -3.53. The number of hydrogen-bond acceptors (Lipinski definition) is 6. The van der Waals surface area contributed by atoms with Crippen molar-refractivity contribution in [3.05, 3.63) is 69.3 Å². The molecular formula is C19H17N5O4S. The number of fused-ring (bicyclic) bond motifs is 1. The number of aryl methyl sites for hydroxylation is 2. The molecule has 0 atom stereocenters. The molecule has 9 nitrogen and oxygen atoms in total. The maximum absolute atomic E-state index is 12.5. The van der Waals surface area contributed by atoms with Crippen molar-refractivity contribution in [1.82, 2.24) is 18.7 Å². The number of imidazole rings is 1. The zero-order valence-corrected chi connectivity index (χ0v) is 16.7. The van der Waals surface area contributed by atoms with Gasteiger partial charge in [-0.25, -0.2) is 9.78 Å². The smallest absolute Gasteiger partial charge is 0.332 e. The molecule has 10 heteroatoms. The highest BCUT2D eigenvalue weighted by Crippen LogP contribution is 2.33. The van der Waals surface area contributed by atoms with Gasteiger partial charge in [-0.3, -0.25) is 18.7 Å². The summed E-state index contributed by atoms with van der Waals surface area (Å²) in [6, 6.07) is 10.4. The first kappa shape index (κ1) is 18.8. The summed E-state index contributed by atoms with van der Waals surface area (Å²) in [7, 11) is 4.72. The van der Waals surface area contributed by atoms with Crippen LogP contribution in [0.2, 0.25) is 0 Å². The molecule has 0 spiro atoms. The summed E-state index contributed by atoms with van der Waals surface area (Å²) >= 11 is 1.28. The average molecular weight is 411 g/mol. The number of furan rings is 1. The van der Waals surface area contributed by atoms with Crippen LogP contribution < -0.4 is 16.6 Å². The summed E-state index contributed by atoms with van der Waals surface area (Å²) < 4.78 is 9.16. The zero-order chi connectivity index (χ0) is 20.7. The minimum Gasteiger partial charge on any atom is -0.459 e. The van der Waals surface area contributed by atoms with Gasteiger partial charge in [-0.2, -0.15) is 0 Å². The van der Waals surface area contributed by atoms with Crippen molar-refractivity contribution in [1.29, 1.82) is 0 Å². The summed E-state index contributed by atoms with van der Waals surface area (Å²) in [6.45, 7) is 0. The topological polar surface area (TPSA) is 104 Å². The highest BCUT2D eigenvalue weighted by atomic mass is 32.2. The van der Waals surface area contributed by atoms with Crippen LogP contribution in [-0.4, -0.2) is 24.6 Å². The van der Waals surface area contributed by atoms with Crippen molar-refractivity contribution >= 4 is 34.5 Å². The van der Waals surface area contributed by atoms with Gasteiger partial charge in [-0.05, 0) is 36.0 Å². The lowest BCUT2D eigenvalue weighted by Gasteiger charge is -2.09. The van der Waals surface area contributed by atoms with Crippen LogP contribution in [0.3, 0.4) is 0 Å². The van der Waals surface area contributed by atoms with Crippen molar-refractivity contribution in [2.75, 3.05) is 5.32 Å². The van der Waals surface area contributed by atoms with Crippen LogP contribution in [0.1, 0.15) is 10.6 Å². The van der Waals surface area contributed by atoms with Gasteiger partial charge < -0.3 is 14.3 Å². The molecule has 0 bridgehead atoms. The van der Waals surface area contributed by atoms with Crippen LogP contribution in [0.25, 0.3) is 11.2 Å². The quantitative estimate of drug-likeness (QED) is 0.551. The average Bonchev–Trinajstić information content (AvgIpc) is 3.35. The molecule has 4 rings (SSSR count). The molecule has 0 unspecified atom stereocenters. The molecule has 0 radical (unpaired) electrons. The van der Waals surface area contributed by atoms with E-state index in [0.717, 1.165) is 9.46 Å². The van der Waals surface area contributed by atoms with Gasteiger partial charge in [0.15, 0.2) is 22.1 Å². The molecule has 3 aromatic heterocycles. The molecule has 1 N–H and O–H groups in total. The Morgan fingerprint density at radius 3 is 2.52 bits per heavy atom. The standard InChI is InChI=1S/C19H17N5O4S/c1-22-14-15(23(2)19(27)24(3)17(14)26)21-18(22)29-13-9-5-4-7-11(13)20-16(25)12-8-6-10-28-12/h4-10H,1-3H3,(H,20,25). The molecule has 0 aliphatic carbocycles. The van der Waals surface area contributed by atoms with Crippen molar-refractivity contribution < 1.29 is 9.21 Å². The van der Waals surface area contributed by atoms with Gasteiger partial charge in [0.2, 0.25) is 0 Å². The van der Waals surface area contributed by atoms with E-state index in [4.69, 9.17) is 4.42 Å². The second kappa shape index (κ2) is 7.13. The van der Waals surface area contributed by atoms with Crippen LogP contribution in [0.5, 0.6) is 0 Å². The number of rotatable bonds is 4. The Balaban J connectivity index is 1.75. The second-order valence-electron chi connectivity index (χ2n) is 6.36. The summed E-state index contributed by atoms with van der Waals surface area (Å²) in [5.74, 6) is -0.171. The fourth-order valence-corrected chi connectivity index (χ4v) is 3.87. The third-order valence-electron chi connectivity index (χ3n) is 4.52. The van der Waals surface area contributed by atoms with E-state index in [2.05, 4.69) is 10.3 Å². The minimum absolute atomic E-state index is 0.200. The second-order valence-corrected chi connectivity index (χ2v) is 7.37. The lowest BCUT2D eigenvalue weighted by molar-refractivity contribution is 0.0996. The van der Waals surface area contributed by atoms with Gasteiger partial charge in [-0.15, -0.1) is 0 Å². The van der Waals surface area contributed by atoms with E-state index in [-0.39, 0.29) is 11.7 Å². The molecule has 0 fully saturated rings. The predicted octanol–water partition coefficient (Wildman–Crippen LogP) is 1.97. The van der Waals surface area contributed by atoms with Crippen molar-refractivity contribution in [2.45, 2.75) is 10.1 Å². The van der Waals surface area contributed by atoms with E-state index in [0.29, 0.717) is 22.0 Å². The first-order valence-corrected chi connectivity index (χ1v) is 9.44. The van der Waals surface area contributed by atoms with Crippen LogP contribution >= 0.6 is 11.8 Å². The number of amides is 1. The fourth-order valence-electron chi connectivity index (χ4n) is 2.94. The van der Waals surface area contributed by atoms with E-state index < -0.39 is 11.2 Å². The van der Waals surface area contributed by atoms with Crippen LogP contribution in [-0.2, 0) is 21.1 Å². The Morgan fingerprint density at radius 1 is 1.03 bits per heavy atom. The van der Waals surface area contributed by atoms with Crippen LogP contribution in [0, 0.1) is 0 Å². The maximum Gasteiger partial charge on any atom is 0.332 e. The molecule has 0 aliphatic heterocycles. The Bertz CT molecular complexity index is 1350. The maximum atomic E-state index is 12.5. The van der Waals surface area contributed by atoms with Gasteiger partial charge in [0.25, 0.3) is 11.5 Å². The van der Waals surface area contributed by atoms with Crippen molar-refractivity contribution in [2.24, 2.45) is 21.1 Å². The number of carbonyl (C=O) groups excluding carboxylic acids is 1. The van der Waals surface area contributed by atoms with E-state index in [9.17, 15) is 14.4 Å². The molecule has 1 aromatic carbocycles. The molecule has 4 aromatic rings. The molecule has 0 aliphatic rings. The fraction of sp³-hybridized carbons (Fsp3) is 0.158. The number of carbonyl (C=O) groups is 1. The van der Waals surface area contributed by atoms with Crippen LogP contribution in [0.15, 0.2) is 66.7 Å². The molecule has 3 heterocycles. The largest absolute Gasteiger partial charge is 0.459 e. The number of para-hydroxylation sites is 1. The number of aromatic nitrogens is 4. The first-order valence-electron chi connectivity index (χ1n) is 8.62. The van der Waals surface area contributed by atoms with Crippen molar-refractivity contribution in [3.8, 4) is 0 Å². The number of benzene rings is 1. The number of anilines is 1. The normalized spacial score (nSPS) is 11.1. The van der Waals surface area contributed by atoms with Gasteiger partial charge >= 0.3 is 5.69 Å². The molecule has 0 saturated heterocycles. The lowest BCUT2D eigenvalue weighted by Crippen LogP contribution is -2.37. The van der Waals surface area contributed by atoms with Gasteiger partial charge in [0, 0.05) is 26.0 Å². The predicted molar refractivity (Wildman–Crippen MR) is 108 cm³/mol. The van der Waals surface area contributed by atoms with E-state index in [1.807, 2.05) is 12.1 Å². The van der Waals surface area contributed by atoms with Gasteiger partial charge in [0.1, 0.15) is 0 Å². The first-order chi connectivity index (χ1) is 13.9. The third-order valence-corrected chi connectivity index (χ3v) is 5.64. The Kier molecular flexibility index (Phi) is 4.63. The van der Waals surface area contributed by atoms with E-state index >= 15 is 0 Å². The number of hydrogen-bond donors (Lipinski definition) is 1. The monoisotopic (exact) mass is 411 g/mol. The molecule has 0 saturated carbocycles. The third kappa shape index (κ3) is 3.17. The molecule has 1 amide bonds. The minimum atomic E-state index is -0.441. The molecule has 148 valence electrons. The van der Waals surface area contributed by atoms with Crippen molar-refractivity contribution in [3.63, 3.8) is 0 Å². The summed E-state index contributed by atoms with van der Waals surface area (Å²) in [5, 5.41) is 3.33. The number of nitrogens with zero attached hydrogens (tertiary/aromatic N) is 4. The molecular weight excluding hydrogens is 394 g/mol. The lowest BCUT2D eigenvalue weighted by atomic mass is 10.3. The van der Waals surface area contributed by atoms with E-state index in [1.165, 1.54) is 29.6 Å². The summed E-state index contributed by atoms with van der Waals surface area (Å²) in [5.41, 5.74) is 0.356. The van der Waals surface area contributed by atoms with Gasteiger partial charge in [-0.1, -0.05) is 12.1 Å². The van der Waals surface area contributed by atoms with Crippen LogP contribution in [0.4, 0.5) is 5.69 Å². The summed E-state index contributed by atoms with van der Waals surface area (Å²) in [4.78, 5) is 42.3. The summed E-state index contributed by atoms with van der Waals surface area (Å²) in [6.07, 6.45) is 1.43. The van der Waals surface area contributed by atoms with E-state index in [1.54, 1.807) is 42.9 Å². The number of nitrogens with one attached hydrogen (secondary N) is 1. The zero-order valence-electron chi connectivity index (χ0n) is 15.9. The molecule has 29 heavy (non-hydrogen) atoms. The highest BCUT2D eigenvalue weighted by molar-refractivity contribution is 7.99. The highest BCUT2D eigenvalue weighted by Gasteiger charge is 2.19. The van der Waals surface area contributed by atoms with Gasteiger partial charge in [0.05, 0.1) is 12.0 Å². The Labute approximate surface area is 168 Å².